The maximum Gasteiger partial charge on any atom is 0.253 e. The number of hydrogen-bond acceptors (Lipinski definition) is 2. The highest BCUT2D eigenvalue weighted by atomic mass is 35.5. The fraction of sp³-hybridized carbons (Fsp3) is 0. The van der Waals surface area contributed by atoms with E-state index in [-0.39, 0.29) is 16.1 Å². The molecule has 60 valence electrons. The van der Waals surface area contributed by atoms with E-state index in [1.807, 2.05) is 6.07 Å². The van der Waals surface area contributed by atoms with Gasteiger partial charge in [0, 0.05) is 0 Å². The van der Waals surface area contributed by atoms with Crippen LogP contribution in [0, 0.1) is 11.3 Å². The summed E-state index contributed by atoms with van der Waals surface area (Å²) in [7, 11) is 0. The molecular formula is C8H3Cl2NO. The largest absolute Gasteiger partial charge is 0.276 e. The van der Waals surface area contributed by atoms with Crippen molar-refractivity contribution in [3.63, 3.8) is 0 Å². The number of halogens is 2. The molecule has 1 aromatic rings. The normalized spacial score (nSPS) is 9.08. The molecule has 1 rings (SSSR count). The zero-order chi connectivity index (χ0) is 9.14. The quantitative estimate of drug-likeness (QED) is 0.653. The summed E-state index contributed by atoms with van der Waals surface area (Å²) in [4.78, 5) is 10.7. The van der Waals surface area contributed by atoms with E-state index in [2.05, 4.69) is 0 Å². The molecule has 0 aliphatic carbocycles. The lowest BCUT2D eigenvalue weighted by atomic mass is 10.1. The van der Waals surface area contributed by atoms with Gasteiger partial charge < -0.3 is 0 Å². The molecule has 0 amide bonds. The van der Waals surface area contributed by atoms with Gasteiger partial charge in [0.25, 0.3) is 5.24 Å². The minimum atomic E-state index is -0.672. The van der Waals surface area contributed by atoms with Crippen LogP contribution in [0.1, 0.15) is 15.9 Å². The Morgan fingerprint density at radius 1 is 1.50 bits per heavy atom. The molecule has 0 N–H and O–H groups in total. The fourth-order valence-electron chi connectivity index (χ4n) is 0.802. The summed E-state index contributed by atoms with van der Waals surface area (Å²) in [5.41, 5.74) is 0.269. The highest BCUT2D eigenvalue weighted by Gasteiger charge is 2.10. The van der Waals surface area contributed by atoms with E-state index in [0.717, 1.165) is 0 Å². The van der Waals surface area contributed by atoms with Crippen LogP contribution in [0.2, 0.25) is 5.02 Å². The van der Waals surface area contributed by atoms with Crippen LogP contribution >= 0.6 is 23.2 Å². The molecule has 1 aromatic carbocycles. The number of carbonyl (C=O) groups is 1. The van der Waals surface area contributed by atoms with Gasteiger partial charge in [-0.05, 0) is 23.7 Å². The van der Waals surface area contributed by atoms with Crippen molar-refractivity contribution in [2.75, 3.05) is 0 Å². The van der Waals surface area contributed by atoms with Crippen molar-refractivity contribution in [1.29, 1.82) is 5.26 Å². The van der Waals surface area contributed by atoms with Gasteiger partial charge in [0.05, 0.1) is 16.1 Å². The molecule has 0 aliphatic heterocycles. The molecule has 0 fully saturated rings. The smallest absolute Gasteiger partial charge is 0.253 e. The highest BCUT2D eigenvalue weighted by molar-refractivity contribution is 6.68. The molecule has 0 unspecified atom stereocenters. The van der Waals surface area contributed by atoms with Gasteiger partial charge in [-0.1, -0.05) is 17.7 Å². The summed E-state index contributed by atoms with van der Waals surface area (Å²) in [6.07, 6.45) is 0. The molecule has 2 nitrogen and oxygen atoms in total. The van der Waals surface area contributed by atoms with E-state index < -0.39 is 5.24 Å². The first-order chi connectivity index (χ1) is 5.66. The van der Waals surface area contributed by atoms with Gasteiger partial charge in [-0.3, -0.25) is 4.79 Å². The lowest BCUT2D eigenvalue weighted by Crippen LogP contribution is -1.93. The molecule has 0 saturated carbocycles. The van der Waals surface area contributed by atoms with E-state index in [1.54, 1.807) is 6.07 Å². The van der Waals surface area contributed by atoms with Crippen molar-refractivity contribution >= 4 is 28.4 Å². The third kappa shape index (κ3) is 1.58. The molecule has 0 spiro atoms. The Balaban J connectivity index is 3.40. The van der Waals surface area contributed by atoms with Gasteiger partial charge in [-0.2, -0.15) is 5.26 Å². The second-order valence-electron chi connectivity index (χ2n) is 2.05. The maximum atomic E-state index is 10.7. The van der Waals surface area contributed by atoms with Crippen LogP contribution in [0.4, 0.5) is 0 Å². The summed E-state index contributed by atoms with van der Waals surface area (Å²) in [6.45, 7) is 0. The topological polar surface area (TPSA) is 40.9 Å². The Bertz CT molecular complexity index is 368. The minimum absolute atomic E-state index is 0.124. The van der Waals surface area contributed by atoms with Crippen LogP contribution < -0.4 is 0 Å². The second kappa shape index (κ2) is 3.57. The zero-order valence-electron chi connectivity index (χ0n) is 5.84. The Morgan fingerprint density at radius 2 is 2.17 bits per heavy atom. The van der Waals surface area contributed by atoms with Crippen LogP contribution in [0.15, 0.2) is 18.2 Å². The van der Waals surface area contributed by atoms with Crippen LogP contribution in [-0.2, 0) is 0 Å². The van der Waals surface area contributed by atoms with Crippen molar-refractivity contribution in [2.45, 2.75) is 0 Å². The van der Waals surface area contributed by atoms with E-state index in [1.165, 1.54) is 12.1 Å². The molecule has 4 heteroatoms. The summed E-state index contributed by atoms with van der Waals surface area (Å²) >= 11 is 10.9. The van der Waals surface area contributed by atoms with Crippen LogP contribution in [-0.4, -0.2) is 5.24 Å². The number of nitriles is 1. The van der Waals surface area contributed by atoms with Crippen molar-refractivity contribution in [3.8, 4) is 6.07 Å². The molecule has 0 atom stereocenters. The van der Waals surface area contributed by atoms with E-state index in [4.69, 9.17) is 28.5 Å². The Labute approximate surface area is 79.3 Å². The van der Waals surface area contributed by atoms with Gasteiger partial charge in [0.1, 0.15) is 6.07 Å². The summed E-state index contributed by atoms with van der Waals surface area (Å²) < 4.78 is 0. The van der Waals surface area contributed by atoms with Gasteiger partial charge in [0.15, 0.2) is 0 Å². The second-order valence-corrected chi connectivity index (χ2v) is 2.80. The third-order valence-corrected chi connectivity index (χ3v) is 1.86. The predicted octanol–water partition coefficient (Wildman–Crippen LogP) is 2.59. The van der Waals surface area contributed by atoms with Gasteiger partial charge in [-0.15, -0.1) is 0 Å². The number of nitrogens with zero attached hydrogens (tertiary/aromatic N) is 1. The number of hydrogen-bond donors (Lipinski definition) is 0. The van der Waals surface area contributed by atoms with Gasteiger partial charge in [0.2, 0.25) is 0 Å². The number of rotatable bonds is 1. The Hall–Kier alpha value is -1.04. The lowest BCUT2D eigenvalue weighted by Gasteiger charge is -1.98. The highest BCUT2D eigenvalue weighted by Crippen LogP contribution is 2.20. The minimum Gasteiger partial charge on any atom is -0.276 e. The third-order valence-electron chi connectivity index (χ3n) is 1.34. The number of carbonyl (C=O) groups excluding carboxylic acids is 1. The lowest BCUT2D eigenvalue weighted by molar-refractivity contribution is 0.108. The van der Waals surface area contributed by atoms with Gasteiger partial charge >= 0.3 is 0 Å². The van der Waals surface area contributed by atoms with Crippen molar-refractivity contribution in [2.24, 2.45) is 0 Å². The van der Waals surface area contributed by atoms with Crippen LogP contribution in [0.5, 0.6) is 0 Å². The average Bonchev–Trinajstić information content (AvgIpc) is 2.03. The molecule has 0 aliphatic rings. The monoisotopic (exact) mass is 199 g/mol. The molecule has 0 saturated heterocycles. The standard InChI is InChI=1S/C8H3Cl2NO/c9-7-3-1-2-5(8(10)12)6(7)4-11/h1-3H. The Morgan fingerprint density at radius 3 is 2.58 bits per heavy atom. The van der Waals surface area contributed by atoms with Crippen molar-refractivity contribution in [1.82, 2.24) is 0 Å². The van der Waals surface area contributed by atoms with Crippen LogP contribution in [0.3, 0.4) is 0 Å². The van der Waals surface area contributed by atoms with Crippen LogP contribution in [0.25, 0.3) is 0 Å². The first-order valence-corrected chi connectivity index (χ1v) is 3.81. The summed E-state index contributed by atoms with van der Waals surface area (Å²) in [5.74, 6) is 0. The molecule has 0 aromatic heterocycles. The molecule has 0 bridgehead atoms. The fourth-order valence-corrected chi connectivity index (χ4v) is 1.18. The SMILES string of the molecule is N#Cc1c(Cl)cccc1C(=O)Cl. The van der Waals surface area contributed by atoms with Gasteiger partial charge in [-0.25, -0.2) is 0 Å². The average molecular weight is 200 g/mol. The first-order valence-electron chi connectivity index (χ1n) is 3.05. The summed E-state index contributed by atoms with van der Waals surface area (Å²) in [6, 6.07) is 6.37. The van der Waals surface area contributed by atoms with E-state index >= 15 is 0 Å². The number of benzene rings is 1. The molecule has 12 heavy (non-hydrogen) atoms. The maximum absolute atomic E-state index is 10.7. The summed E-state index contributed by atoms with van der Waals surface area (Å²) in [5, 5.41) is 8.17. The molecular weight excluding hydrogens is 197 g/mol. The predicted molar refractivity (Wildman–Crippen MR) is 46.4 cm³/mol. The van der Waals surface area contributed by atoms with E-state index in [0.29, 0.717) is 0 Å². The van der Waals surface area contributed by atoms with Crippen molar-refractivity contribution in [3.05, 3.63) is 34.3 Å². The van der Waals surface area contributed by atoms with Crippen molar-refractivity contribution < 1.29 is 4.79 Å². The van der Waals surface area contributed by atoms with E-state index in [9.17, 15) is 4.79 Å². The Kier molecular flexibility index (Phi) is 2.69. The molecule has 0 heterocycles. The zero-order valence-corrected chi connectivity index (χ0v) is 7.36. The molecule has 0 radical (unpaired) electrons. The first kappa shape index (κ1) is 9.05.